The van der Waals surface area contributed by atoms with E-state index in [0.29, 0.717) is 6.42 Å². The lowest BCUT2D eigenvalue weighted by atomic mass is 9.83. The number of aliphatic hydroxyl groups is 1. The fraction of sp³-hybridized carbons (Fsp3) is 0.750. The highest BCUT2D eigenvalue weighted by Crippen LogP contribution is 2.44. The van der Waals surface area contributed by atoms with Crippen molar-refractivity contribution in [2.45, 2.75) is 69.5 Å². The molecular formula is C16H27IO2. The quantitative estimate of drug-likeness (QED) is 0.317. The van der Waals surface area contributed by atoms with Crippen LogP contribution in [0.3, 0.4) is 0 Å². The Balaban J connectivity index is 2.94. The van der Waals surface area contributed by atoms with Gasteiger partial charge in [-0.25, -0.2) is 0 Å². The van der Waals surface area contributed by atoms with Crippen molar-refractivity contribution in [2.24, 2.45) is 5.41 Å². The Morgan fingerprint density at radius 1 is 1.53 bits per heavy atom. The van der Waals surface area contributed by atoms with Crippen LogP contribution in [0.5, 0.6) is 0 Å². The zero-order valence-electron chi connectivity index (χ0n) is 12.8. The van der Waals surface area contributed by atoms with Crippen molar-refractivity contribution in [1.29, 1.82) is 0 Å². The van der Waals surface area contributed by atoms with E-state index < -0.39 is 9.21 Å². The van der Waals surface area contributed by atoms with Crippen LogP contribution in [-0.4, -0.2) is 14.3 Å². The summed E-state index contributed by atoms with van der Waals surface area (Å²) in [5.41, 5.74) is 0.764. The summed E-state index contributed by atoms with van der Waals surface area (Å²) in [7, 11) is 0. The molecule has 0 spiro atoms. The molecule has 19 heavy (non-hydrogen) atoms. The second-order valence-corrected chi connectivity index (χ2v) is 8.51. The summed E-state index contributed by atoms with van der Waals surface area (Å²) >= 11 is 2.14. The van der Waals surface area contributed by atoms with E-state index in [1.54, 1.807) is 0 Å². The van der Waals surface area contributed by atoms with Crippen molar-refractivity contribution in [2.75, 3.05) is 0 Å². The summed E-state index contributed by atoms with van der Waals surface area (Å²) in [6, 6.07) is 0. The minimum Gasteiger partial charge on any atom is -0.488 e. The van der Waals surface area contributed by atoms with Crippen molar-refractivity contribution >= 4 is 22.6 Å². The number of halogens is 1. The van der Waals surface area contributed by atoms with Crippen molar-refractivity contribution in [3.05, 3.63) is 24.0 Å². The first-order chi connectivity index (χ1) is 8.53. The molecule has 0 aliphatic heterocycles. The number of ether oxygens (including phenoxy) is 1. The molecule has 2 atom stereocenters. The van der Waals surface area contributed by atoms with Crippen molar-refractivity contribution < 1.29 is 9.84 Å². The topological polar surface area (TPSA) is 29.5 Å². The van der Waals surface area contributed by atoms with E-state index in [1.165, 1.54) is 5.57 Å². The van der Waals surface area contributed by atoms with E-state index in [-0.39, 0.29) is 5.41 Å². The fourth-order valence-electron chi connectivity index (χ4n) is 2.39. The summed E-state index contributed by atoms with van der Waals surface area (Å²) in [4.78, 5) is 0. The maximum Gasteiger partial charge on any atom is 0.128 e. The Morgan fingerprint density at radius 3 is 2.58 bits per heavy atom. The van der Waals surface area contributed by atoms with Crippen LogP contribution in [0.4, 0.5) is 0 Å². The van der Waals surface area contributed by atoms with Crippen molar-refractivity contribution in [3.8, 4) is 0 Å². The zero-order valence-corrected chi connectivity index (χ0v) is 15.0. The molecule has 1 N–H and O–H groups in total. The Bertz CT molecular complexity index is 382. The average molecular weight is 378 g/mol. The second kappa shape index (κ2) is 5.76. The molecule has 110 valence electrons. The molecule has 1 aliphatic rings. The lowest BCUT2D eigenvalue weighted by molar-refractivity contribution is -0.0238. The van der Waals surface area contributed by atoms with Crippen LogP contribution in [-0.2, 0) is 4.74 Å². The molecule has 2 unspecified atom stereocenters. The van der Waals surface area contributed by atoms with Crippen molar-refractivity contribution in [1.82, 2.24) is 0 Å². The maximum atomic E-state index is 10.4. The molecule has 0 saturated heterocycles. The molecule has 0 bridgehead atoms. The van der Waals surface area contributed by atoms with E-state index >= 15 is 0 Å². The monoisotopic (exact) mass is 378 g/mol. The molecule has 0 aromatic heterocycles. The van der Waals surface area contributed by atoms with E-state index in [0.717, 1.165) is 25.0 Å². The van der Waals surface area contributed by atoms with Gasteiger partial charge in [0.1, 0.15) is 9.21 Å². The summed E-state index contributed by atoms with van der Waals surface area (Å²) in [6.07, 6.45) is 5.45. The molecule has 0 aromatic rings. The van der Waals surface area contributed by atoms with Crippen molar-refractivity contribution in [3.63, 3.8) is 0 Å². The molecule has 2 nitrogen and oxygen atoms in total. The number of hydrogen-bond donors (Lipinski definition) is 1. The van der Waals surface area contributed by atoms with Crippen LogP contribution in [0.25, 0.3) is 0 Å². The van der Waals surface area contributed by atoms with Gasteiger partial charge in [0.15, 0.2) is 0 Å². The van der Waals surface area contributed by atoms with Gasteiger partial charge in [0, 0.05) is 18.3 Å². The molecule has 0 radical (unpaired) electrons. The molecule has 0 heterocycles. The lowest BCUT2D eigenvalue weighted by Gasteiger charge is -2.41. The SMILES string of the molecule is C=C(OC1(C)C=C(CC)CC(O)(I)C1)C(C)(C)CC. The predicted octanol–water partition coefficient (Wildman–Crippen LogP) is 4.97. The minimum absolute atomic E-state index is 0.0376. The fourth-order valence-corrected chi connectivity index (χ4v) is 3.64. The average Bonchev–Trinajstić information content (AvgIpc) is 2.25. The third-order valence-corrected chi connectivity index (χ3v) is 4.84. The molecule has 0 fully saturated rings. The summed E-state index contributed by atoms with van der Waals surface area (Å²) in [5.74, 6) is 0.804. The van der Waals surface area contributed by atoms with E-state index in [1.807, 2.05) is 6.92 Å². The molecule has 1 rings (SSSR count). The van der Waals surface area contributed by atoms with Crippen LogP contribution in [0.1, 0.15) is 60.3 Å². The van der Waals surface area contributed by atoms with Crippen LogP contribution < -0.4 is 0 Å². The zero-order chi connectivity index (χ0) is 14.9. The van der Waals surface area contributed by atoms with Gasteiger partial charge < -0.3 is 9.84 Å². The Kier molecular flexibility index (Phi) is 5.16. The Hall–Kier alpha value is -0.0300. The summed E-state index contributed by atoms with van der Waals surface area (Å²) < 4.78 is 5.45. The number of alkyl halides is 1. The minimum atomic E-state index is -0.719. The first-order valence-corrected chi connectivity index (χ1v) is 8.12. The smallest absolute Gasteiger partial charge is 0.128 e. The molecule has 1 aliphatic carbocycles. The van der Waals surface area contributed by atoms with E-state index in [9.17, 15) is 5.11 Å². The third-order valence-electron chi connectivity index (χ3n) is 4.08. The standard InChI is InChI=1S/C16H27IO2/c1-7-13-9-15(6,11-16(17,18)10-13)19-12(3)14(4,5)8-2/h9,18H,3,7-8,10-11H2,1-2,4-6H3. The molecular weight excluding hydrogens is 351 g/mol. The van der Waals surface area contributed by atoms with E-state index in [2.05, 4.69) is 62.9 Å². The number of allylic oxidation sites excluding steroid dienone is 1. The van der Waals surface area contributed by atoms with Gasteiger partial charge in [0.25, 0.3) is 0 Å². The van der Waals surface area contributed by atoms with Gasteiger partial charge in [-0.15, -0.1) is 0 Å². The van der Waals surface area contributed by atoms with Crippen LogP contribution in [0, 0.1) is 5.41 Å². The second-order valence-electron chi connectivity index (χ2n) is 6.50. The van der Waals surface area contributed by atoms with Gasteiger partial charge in [-0.05, 0) is 48.4 Å². The molecule has 0 saturated carbocycles. The molecule has 0 aromatic carbocycles. The van der Waals surface area contributed by atoms with Gasteiger partial charge in [0.05, 0.1) is 5.76 Å². The Labute approximate surface area is 131 Å². The maximum absolute atomic E-state index is 10.4. The number of rotatable bonds is 5. The van der Waals surface area contributed by atoms with Gasteiger partial charge in [-0.1, -0.05) is 39.8 Å². The van der Waals surface area contributed by atoms with Gasteiger partial charge >= 0.3 is 0 Å². The normalized spacial score (nSPS) is 31.8. The largest absolute Gasteiger partial charge is 0.488 e. The first kappa shape index (κ1) is 17.0. The van der Waals surface area contributed by atoms with Crippen LogP contribution in [0.15, 0.2) is 24.0 Å². The summed E-state index contributed by atoms with van der Waals surface area (Å²) in [5, 5.41) is 10.4. The first-order valence-electron chi connectivity index (χ1n) is 7.04. The third kappa shape index (κ3) is 4.48. The highest BCUT2D eigenvalue weighted by Gasteiger charge is 2.41. The van der Waals surface area contributed by atoms with Gasteiger partial charge in [0.2, 0.25) is 0 Å². The highest BCUT2D eigenvalue weighted by molar-refractivity contribution is 14.1. The Morgan fingerprint density at radius 2 is 2.11 bits per heavy atom. The summed E-state index contributed by atoms with van der Waals surface area (Å²) in [6.45, 7) is 14.7. The highest BCUT2D eigenvalue weighted by atomic mass is 127. The predicted molar refractivity (Wildman–Crippen MR) is 89.3 cm³/mol. The molecule has 3 heteroatoms. The van der Waals surface area contributed by atoms with Crippen LogP contribution >= 0.6 is 22.6 Å². The number of hydrogen-bond acceptors (Lipinski definition) is 2. The lowest BCUT2D eigenvalue weighted by Crippen LogP contribution is -2.41. The van der Waals surface area contributed by atoms with Gasteiger partial charge in [-0.2, -0.15) is 0 Å². The van der Waals surface area contributed by atoms with Crippen LogP contribution in [0.2, 0.25) is 0 Å². The molecule has 0 amide bonds. The van der Waals surface area contributed by atoms with E-state index in [4.69, 9.17) is 4.74 Å². The van der Waals surface area contributed by atoms with Gasteiger partial charge in [-0.3, -0.25) is 0 Å².